The molecule has 13 heteroatoms. The summed E-state index contributed by atoms with van der Waals surface area (Å²) in [6.07, 6.45) is 3.40. The van der Waals surface area contributed by atoms with Crippen LogP contribution in [-0.4, -0.2) is 87.6 Å². The fourth-order valence-electron chi connectivity index (χ4n) is 3.48. The fourth-order valence-corrected chi connectivity index (χ4v) is 3.48. The molecule has 4 heterocycles. The quantitative estimate of drug-likeness (QED) is 0.565. The topological polar surface area (TPSA) is 166 Å². The lowest BCUT2D eigenvalue weighted by atomic mass is 10.1. The Bertz CT molecular complexity index is 996. The van der Waals surface area contributed by atoms with Gasteiger partial charge in [0.15, 0.2) is 11.6 Å². The summed E-state index contributed by atoms with van der Waals surface area (Å²) in [5.41, 5.74) is 11.1. The van der Waals surface area contributed by atoms with Crippen LogP contribution in [-0.2, 0) is 9.47 Å². The minimum absolute atomic E-state index is 0.0593. The van der Waals surface area contributed by atoms with Crippen LogP contribution in [0.15, 0.2) is 12.4 Å². The zero-order valence-corrected chi connectivity index (χ0v) is 20.3. The van der Waals surface area contributed by atoms with Crippen LogP contribution in [0.4, 0.5) is 26.9 Å². The maximum Gasteiger partial charge on any atom is 0.410 e. The van der Waals surface area contributed by atoms with E-state index in [4.69, 9.17) is 26.0 Å². The number of nitrogens with two attached hydrogens (primary N) is 2. The summed E-state index contributed by atoms with van der Waals surface area (Å²) < 4.78 is 24.6. The third-order valence-electron chi connectivity index (χ3n) is 5.30. The first-order valence-electron chi connectivity index (χ1n) is 11.4. The lowest BCUT2D eigenvalue weighted by Gasteiger charge is -2.27. The number of nitrogen functional groups attached to an aromatic ring is 2. The van der Waals surface area contributed by atoms with Gasteiger partial charge < -0.3 is 35.8 Å². The van der Waals surface area contributed by atoms with Crippen molar-refractivity contribution in [1.82, 2.24) is 24.8 Å². The second-order valence-corrected chi connectivity index (χ2v) is 9.26. The van der Waals surface area contributed by atoms with Crippen molar-refractivity contribution in [1.29, 1.82) is 0 Å². The Kier molecular flexibility index (Phi) is 8.57. The van der Waals surface area contributed by atoms with E-state index in [0.29, 0.717) is 50.9 Å². The Morgan fingerprint density at radius 2 is 1.86 bits per heavy atom. The second kappa shape index (κ2) is 11.4. The van der Waals surface area contributed by atoms with Crippen LogP contribution in [0.5, 0.6) is 0 Å². The van der Waals surface area contributed by atoms with Gasteiger partial charge in [-0.15, -0.1) is 0 Å². The second-order valence-electron chi connectivity index (χ2n) is 9.26. The van der Waals surface area contributed by atoms with E-state index in [1.165, 1.54) is 12.4 Å². The van der Waals surface area contributed by atoms with Gasteiger partial charge in [-0.3, -0.25) is 0 Å². The highest BCUT2D eigenvalue weighted by molar-refractivity contribution is 5.68. The fraction of sp³-hybridized carbons (Fsp3) is 0.591. The first-order valence-corrected chi connectivity index (χ1v) is 11.4. The molecule has 12 nitrogen and oxygen atoms in total. The standard InChI is InChI=1S/C12H14FN7O.C10H19NO3/c13-8-9(7-5-16-11(15)17-6-7)18-12(19-10(8)14)20-1-3-21-4-2-20;1-10(2,3)14-9(13)11-5-4-8(6-11)7-12/h5-6H,1-4H2,(H2,14,18,19)(H2,15,16,17);8,12H,4-7H2,1-3H3/t;8-/m.1/s1. The maximum atomic E-state index is 14.2. The van der Waals surface area contributed by atoms with Crippen molar-refractivity contribution >= 4 is 23.8 Å². The Balaban J connectivity index is 0.000000214. The summed E-state index contributed by atoms with van der Waals surface area (Å²) in [7, 11) is 0. The molecule has 0 spiro atoms. The lowest BCUT2D eigenvalue weighted by molar-refractivity contribution is 0.0284. The number of rotatable bonds is 3. The SMILES string of the molecule is CC(C)(C)OC(=O)N1CC[C@@H](CO)C1.Nc1ncc(-c2nc(N3CCOCC3)nc(N)c2F)cn1. The van der Waals surface area contributed by atoms with Crippen molar-refractivity contribution in [3.05, 3.63) is 18.2 Å². The number of halogens is 1. The number of carbonyl (C=O) groups is 1. The molecule has 5 N–H and O–H groups in total. The summed E-state index contributed by atoms with van der Waals surface area (Å²) in [4.78, 5) is 31.0. The molecule has 2 aromatic rings. The van der Waals surface area contributed by atoms with Crippen LogP contribution in [0, 0.1) is 11.7 Å². The van der Waals surface area contributed by atoms with E-state index in [1.54, 1.807) is 4.90 Å². The summed E-state index contributed by atoms with van der Waals surface area (Å²) in [5.74, 6) is -0.208. The molecule has 0 bridgehead atoms. The normalized spacial score (nSPS) is 18.1. The predicted molar refractivity (Wildman–Crippen MR) is 128 cm³/mol. The van der Waals surface area contributed by atoms with Crippen LogP contribution in [0.25, 0.3) is 11.3 Å². The highest BCUT2D eigenvalue weighted by Crippen LogP contribution is 2.25. The molecule has 2 saturated heterocycles. The molecule has 2 aliphatic rings. The molecular formula is C22H33FN8O4. The van der Waals surface area contributed by atoms with Gasteiger partial charge in [0.2, 0.25) is 11.9 Å². The molecule has 4 rings (SSSR count). The number of carbonyl (C=O) groups excluding carboxylic acids is 1. The number of hydrogen-bond donors (Lipinski definition) is 3. The lowest BCUT2D eigenvalue weighted by Crippen LogP contribution is -2.37. The van der Waals surface area contributed by atoms with Crippen molar-refractivity contribution in [3.63, 3.8) is 0 Å². The summed E-state index contributed by atoms with van der Waals surface area (Å²) in [5, 5.41) is 8.92. The largest absolute Gasteiger partial charge is 0.444 e. The molecule has 2 aromatic heterocycles. The molecular weight excluding hydrogens is 459 g/mol. The number of aliphatic hydroxyl groups excluding tert-OH is 1. The average Bonchev–Trinajstić information content (AvgIpc) is 3.31. The molecule has 0 radical (unpaired) electrons. The van der Waals surface area contributed by atoms with E-state index in [0.717, 1.165) is 6.42 Å². The monoisotopic (exact) mass is 492 g/mol. The van der Waals surface area contributed by atoms with Crippen LogP contribution < -0.4 is 16.4 Å². The van der Waals surface area contributed by atoms with Crippen molar-refractivity contribution in [2.75, 3.05) is 62.4 Å². The van der Waals surface area contributed by atoms with Crippen LogP contribution in [0.1, 0.15) is 27.2 Å². The molecule has 1 amide bonds. The van der Waals surface area contributed by atoms with Gasteiger partial charge in [0, 0.05) is 56.7 Å². The van der Waals surface area contributed by atoms with Gasteiger partial charge in [-0.2, -0.15) is 4.98 Å². The number of anilines is 3. The van der Waals surface area contributed by atoms with Crippen molar-refractivity contribution < 1.29 is 23.8 Å². The number of aliphatic hydroxyl groups is 1. The summed E-state index contributed by atoms with van der Waals surface area (Å²) in [6, 6.07) is 0. The minimum atomic E-state index is -0.694. The van der Waals surface area contributed by atoms with E-state index in [1.807, 2.05) is 25.7 Å². The molecule has 2 fully saturated rings. The highest BCUT2D eigenvalue weighted by atomic mass is 19.1. The number of ether oxygens (including phenoxy) is 2. The number of nitrogens with zero attached hydrogens (tertiary/aromatic N) is 6. The molecule has 2 aliphatic heterocycles. The first kappa shape index (κ1) is 26.3. The summed E-state index contributed by atoms with van der Waals surface area (Å²) in [6.45, 7) is 9.41. The van der Waals surface area contributed by atoms with Crippen LogP contribution in [0.3, 0.4) is 0 Å². The number of aromatic nitrogens is 4. The Morgan fingerprint density at radius 1 is 1.20 bits per heavy atom. The van der Waals surface area contributed by atoms with Gasteiger partial charge in [-0.1, -0.05) is 0 Å². The van der Waals surface area contributed by atoms with E-state index < -0.39 is 11.4 Å². The van der Waals surface area contributed by atoms with Gasteiger partial charge in [0.25, 0.3) is 0 Å². The van der Waals surface area contributed by atoms with Crippen LogP contribution in [0.2, 0.25) is 0 Å². The highest BCUT2D eigenvalue weighted by Gasteiger charge is 2.29. The minimum Gasteiger partial charge on any atom is -0.444 e. The van der Waals surface area contributed by atoms with E-state index >= 15 is 0 Å². The smallest absolute Gasteiger partial charge is 0.410 e. The van der Waals surface area contributed by atoms with E-state index in [-0.39, 0.29) is 36.1 Å². The van der Waals surface area contributed by atoms with Gasteiger partial charge >= 0.3 is 6.09 Å². The molecule has 0 unspecified atom stereocenters. The first-order chi connectivity index (χ1) is 16.6. The maximum absolute atomic E-state index is 14.2. The number of morpholine rings is 1. The zero-order chi connectivity index (χ0) is 25.6. The summed E-state index contributed by atoms with van der Waals surface area (Å²) >= 11 is 0. The van der Waals surface area contributed by atoms with Crippen molar-refractivity contribution in [2.24, 2.45) is 5.92 Å². The third kappa shape index (κ3) is 7.33. The Labute approximate surface area is 203 Å². The zero-order valence-electron chi connectivity index (χ0n) is 20.3. The van der Waals surface area contributed by atoms with Crippen molar-refractivity contribution in [3.8, 4) is 11.3 Å². The van der Waals surface area contributed by atoms with Gasteiger partial charge in [0.1, 0.15) is 11.3 Å². The number of hydrogen-bond acceptors (Lipinski definition) is 11. The predicted octanol–water partition coefficient (Wildman–Crippen LogP) is 1.31. The molecule has 1 atom stereocenters. The van der Waals surface area contributed by atoms with Crippen LogP contribution >= 0.6 is 0 Å². The third-order valence-corrected chi connectivity index (χ3v) is 5.30. The molecule has 35 heavy (non-hydrogen) atoms. The molecule has 192 valence electrons. The van der Waals surface area contributed by atoms with E-state index in [9.17, 15) is 9.18 Å². The molecule has 0 aliphatic carbocycles. The molecule has 0 saturated carbocycles. The average molecular weight is 493 g/mol. The Hall–Kier alpha value is -3.32. The van der Waals surface area contributed by atoms with E-state index in [2.05, 4.69) is 19.9 Å². The number of likely N-dealkylation sites (tertiary alicyclic amines) is 1. The Morgan fingerprint density at radius 3 is 2.43 bits per heavy atom. The van der Waals surface area contributed by atoms with Gasteiger partial charge in [0.05, 0.1) is 13.2 Å². The molecule has 0 aromatic carbocycles. The van der Waals surface area contributed by atoms with Gasteiger partial charge in [-0.25, -0.2) is 24.1 Å². The van der Waals surface area contributed by atoms with Crippen molar-refractivity contribution in [2.45, 2.75) is 32.8 Å². The van der Waals surface area contributed by atoms with Gasteiger partial charge in [-0.05, 0) is 27.2 Å². The number of amides is 1.